The van der Waals surface area contributed by atoms with Crippen LogP contribution in [0.5, 0.6) is 0 Å². The molecule has 0 spiro atoms. The number of hydrogen-bond acceptors (Lipinski definition) is 1. The van der Waals surface area contributed by atoms with Gasteiger partial charge in [0.05, 0.1) is 0 Å². The first-order valence-corrected chi connectivity index (χ1v) is 6.59. The molecule has 0 aliphatic rings. The molecule has 0 heterocycles. The van der Waals surface area contributed by atoms with E-state index in [1.54, 1.807) is 0 Å². The van der Waals surface area contributed by atoms with E-state index in [-0.39, 0.29) is 0 Å². The second-order valence-corrected chi connectivity index (χ2v) is 4.69. The van der Waals surface area contributed by atoms with Crippen LogP contribution in [0.2, 0.25) is 0 Å². The molecule has 1 N–H and O–H groups in total. The molecule has 3 rings (SSSR count). The average Bonchev–Trinajstić information content (AvgIpc) is 2.51. The minimum absolute atomic E-state index is 0.773. The summed E-state index contributed by atoms with van der Waals surface area (Å²) in [5.41, 5.74) is 5.32. The van der Waals surface area contributed by atoms with E-state index in [1.807, 2.05) is 30.3 Å². The Bertz CT molecular complexity index is 673. The molecule has 2 radical (unpaired) electrons. The van der Waals surface area contributed by atoms with Crippen LogP contribution >= 0.6 is 0 Å². The first kappa shape index (κ1) is 12.6. The van der Waals surface area contributed by atoms with Gasteiger partial charge in [0.2, 0.25) is 0 Å². The van der Waals surface area contributed by atoms with Crippen molar-refractivity contribution < 1.29 is 0 Å². The summed E-state index contributed by atoms with van der Waals surface area (Å²) in [6.07, 6.45) is 0. The molecule has 0 aliphatic heterocycles. The molecule has 3 aromatic rings. The molecule has 0 saturated carbocycles. The Morgan fingerprint density at radius 2 is 1.05 bits per heavy atom. The van der Waals surface area contributed by atoms with Crippen LogP contribution in [0.25, 0.3) is 11.1 Å². The van der Waals surface area contributed by atoms with E-state index in [4.69, 9.17) is 7.85 Å². The lowest BCUT2D eigenvalue weighted by Crippen LogP contribution is -2.00. The van der Waals surface area contributed by atoms with Gasteiger partial charge in [0.1, 0.15) is 7.85 Å². The number of nitrogens with one attached hydrogen (secondary N) is 1. The van der Waals surface area contributed by atoms with E-state index in [2.05, 4.69) is 53.8 Å². The van der Waals surface area contributed by atoms with Gasteiger partial charge in [0, 0.05) is 11.4 Å². The standard InChI is InChI=1S/C18H14BN/c19-16-8-12-18(13-9-16)20-17-10-6-15(7-11-17)14-4-2-1-3-5-14/h1-13,20H. The molecule has 94 valence electrons. The predicted octanol–water partition coefficient (Wildman–Crippen LogP) is 3.89. The maximum absolute atomic E-state index is 5.68. The summed E-state index contributed by atoms with van der Waals surface area (Å²) in [6.45, 7) is 0. The van der Waals surface area contributed by atoms with Crippen molar-refractivity contribution in [1.29, 1.82) is 0 Å². The minimum Gasteiger partial charge on any atom is -0.356 e. The highest BCUT2D eigenvalue weighted by molar-refractivity contribution is 6.32. The number of hydrogen-bond donors (Lipinski definition) is 1. The maximum atomic E-state index is 5.68. The molecule has 0 fully saturated rings. The quantitative estimate of drug-likeness (QED) is 0.700. The first-order chi connectivity index (χ1) is 9.81. The van der Waals surface area contributed by atoms with E-state index < -0.39 is 0 Å². The molecule has 20 heavy (non-hydrogen) atoms. The van der Waals surface area contributed by atoms with Gasteiger partial charge in [-0.2, -0.15) is 0 Å². The van der Waals surface area contributed by atoms with E-state index in [0.717, 1.165) is 16.8 Å². The molecular formula is C18H14BN. The van der Waals surface area contributed by atoms with Crippen LogP contribution < -0.4 is 10.8 Å². The summed E-state index contributed by atoms with van der Waals surface area (Å²) < 4.78 is 0. The van der Waals surface area contributed by atoms with Gasteiger partial charge in [-0.1, -0.05) is 60.1 Å². The lowest BCUT2D eigenvalue weighted by atomic mass is 9.96. The van der Waals surface area contributed by atoms with E-state index in [0.29, 0.717) is 0 Å². The molecule has 1 nitrogen and oxygen atoms in total. The third-order valence-electron chi connectivity index (χ3n) is 3.19. The van der Waals surface area contributed by atoms with Crippen molar-refractivity contribution in [3.05, 3.63) is 78.9 Å². The lowest BCUT2D eigenvalue weighted by molar-refractivity contribution is 1.55. The highest BCUT2D eigenvalue weighted by Gasteiger charge is 1.98. The molecule has 0 aromatic heterocycles. The van der Waals surface area contributed by atoms with Crippen molar-refractivity contribution in [3.8, 4) is 11.1 Å². The third-order valence-corrected chi connectivity index (χ3v) is 3.19. The van der Waals surface area contributed by atoms with Gasteiger partial charge < -0.3 is 5.32 Å². The number of anilines is 2. The van der Waals surface area contributed by atoms with Crippen LogP contribution in [0.4, 0.5) is 11.4 Å². The fourth-order valence-electron chi connectivity index (χ4n) is 2.11. The Hall–Kier alpha value is -2.48. The second-order valence-electron chi connectivity index (χ2n) is 4.69. The highest BCUT2D eigenvalue weighted by Crippen LogP contribution is 2.22. The van der Waals surface area contributed by atoms with E-state index in [9.17, 15) is 0 Å². The zero-order valence-corrected chi connectivity index (χ0v) is 11.1. The van der Waals surface area contributed by atoms with Crippen LogP contribution in [-0.2, 0) is 0 Å². The summed E-state index contributed by atoms with van der Waals surface area (Å²) in [5.74, 6) is 0. The van der Waals surface area contributed by atoms with Gasteiger partial charge in [0.25, 0.3) is 0 Å². The van der Waals surface area contributed by atoms with E-state index in [1.165, 1.54) is 11.1 Å². The Balaban J connectivity index is 1.78. The molecule has 0 aliphatic carbocycles. The van der Waals surface area contributed by atoms with Crippen LogP contribution in [0.15, 0.2) is 78.9 Å². The molecule has 0 atom stereocenters. The summed E-state index contributed by atoms with van der Waals surface area (Å²) in [6, 6.07) is 26.5. The van der Waals surface area contributed by atoms with Crippen molar-refractivity contribution in [2.24, 2.45) is 0 Å². The van der Waals surface area contributed by atoms with Gasteiger partial charge in [-0.15, -0.1) is 0 Å². The van der Waals surface area contributed by atoms with Crippen LogP contribution in [-0.4, -0.2) is 7.85 Å². The fourth-order valence-corrected chi connectivity index (χ4v) is 2.11. The third kappa shape index (κ3) is 2.91. The normalized spacial score (nSPS) is 10.2. The van der Waals surface area contributed by atoms with Gasteiger partial charge in [-0.05, 0) is 35.4 Å². The van der Waals surface area contributed by atoms with Gasteiger partial charge >= 0.3 is 0 Å². The van der Waals surface area contributed by atoms with Crippen molar-refractivity contribution >= 4 is 24.7 Å². The molecular weight excluding hydrogens is 241 g/mol. The van der Waals surface area contributed by atoms with Crippen LogP contribution in [0, 0.1) is 0 Å². The van der Waals surface area contributed by atoms with E-state index >= 15 is 0 Å². The molecule has 3 aromatic carbocycles. The molecule has 0 unspecified atom stereocenters. The van der Waals surface area contributed by atoms with Crippen molar-refractivity contribution in [2.75, 3.05) is 5.32 Å². The SMILES string of the molecule is [B]c1ccc(Nc2ccc(-c3ccccc3)cc2)cc1. The summed E-state index contributed by atoms with van der Waals surface area (Å²) in [4.78, 5) is 0. The van der Waals surface area contributed by atoms with Gasteiger partial charge in [-0.25, -0.2) is 0 Å². The Morgan fingerprint density at radius 1 is 0.550 bits per heavy atom. The second kappa shape index (κ2) is 5.66. The molecule has 0 bridgehead atoms. The van der Waals surface area contributed by atoms with Crippen LogP contribution in [0.1, 0.15) is 0 Å². The van der Waals surface area contributed by atoms with Crippen LogP contribution in [0.3, 0.4) is 0 Å². The predicted molar refractivity (Wildman–Crippen MR) is 87.0 cm³/mol. The monoisotopic (exact) mass is 255 g/mol. The minimum atomic E-state index is 0.773. The Kier molecular flexibility index (Phi) is 3.55. The zero-order chi connectivity index (χ0) is 13.8. The zero-order valence-electron chi connectivity index (χ0n) is 11.1. The molecule has 0 amide bonds. The molecule has 0 saturated heterocycles. The maximum Gasteiger partial charge on any atom is 0.113 e. The smallest absolute Gasteiger partial charge is 0.113 e. The average molecular weight is 255 g/mol. The van der Waals surface area contributed by atoms with Gasteiger partial charge in [0.15, 0.2) is 0 Å². The van der Waals surface area contributed by atoms with Crippen molar-refractivity contribution in [3.63, 3.8) is 0 Å². The lowest BCUT2D eigenvalue weighted by Gasteiger charge is -2.08. The molecule has 2 heteroatoms. The Morgan fingerprint density at radius 3 is 1.65 bits per heavy atom. The summed E-state index contributed by atoms with van der Waals surface area (Å²) >= 11 is 0. The number of benzene rings is 3. The first-order valence-electron chi connectivity index (χ1n) is 6.59. The van der Waals surface area contributed by atoms with Crippen molar-refractivity contribution in [1.82, 2.24) is 0 Å². The van der Waals surface area contributed by atoms with Crippen molar-refractivity contribution in [2.45, 2.75) is 0 Å². The van der Waals surface area contributed by atoms with Gasteiger partial charge in [-0.3, -0.25) is 0 Å². The highest BCUT2D eigenvalue weighted by atomic mass is 14.9. The number of rotatable bonds is 3. The Labute approximate surface area is 120 Å². The topological polar surface area (TPSA) is 12.0 Å². The largest absolute Gasteiger partial charge is 0.356 e. The fraction of sp³-hybridized carbons (Fsp3) is 0. The summed E-state index contributed by atoms with van der Waals surface area (Å²) in [5, 5.41) is 3.35. The summed E-state index contributed by atoms with van der Waals surface area (Å²) in [7, 11) is 5.68.